The fourth-order valence-electron chi connectivity index (χ4n) is 2.78. The van der Waals surface area contributed by atoms with Gasteiger partial charge >= 0.3 is 0 Å². The van der Waals surface area contributed by atoms with Crippen molar-refractivity contribution in [1.29, 1.82) is 0 Å². The first-order valence-corrected chi connectivity index (χ1v) is 8.26. The van der Waals surface area contributed by atoms with Crippen molar-refractivity contribution < 1.29 is 9.59 Å². The number of carbonyl (C=O) groups is 2. The summed E-state index contributed by atoms with van der Waals surface area (Å²) in [6.45, 7) is 3.21. The van der Waals surface area contributed by atoms with Gasteiger partial charge in [-0.05, 0) is 31.2 Å². The molecule has 110 valence electrons. The lowest BCUT2D eigenvalue weighted by Gasteiger charge is -2.27. The van der Waals surface area contributed by atoms with Gasteiger partial charge in [0, 0.05) is 36.5 Å². The molecule has 2 amide bonds. The van der Waals surface area contributed by atoms with Crippen LogP contribution < -0.4 is 5.32 Å². The van der Waals surface area contributed by atoms with Crippen molar-refractivity contribution in [3.05, 3.63) is 22.4 Å². The molecule has 1 aromatic heterocycles. The van der Waals surface area contributed by atoms with E-state index in [9.17, 15) is 9.59 Å². The molecule has 20 heavy (non-hydrogen) atoms. The van der Waals surface area contributed by atoms with Crippen molar-refractivity contribution in [3.8, 4) is 0 Å². The smallest absolute Gasteiger partial charge is 0.252 e. The zero-order valence-corrected chi connectivity index (χ0v) is 12.7. The summed E-state index contributed by atoms with van der Waals surface area (Å²) in [5.74, 6) is 0.0629. The highest BCUT2D eigenvalue weighted by Gasteiger charge is 2.24. The zero-order chi connectivity index (χ0) is 14.4. The van der Waals surface area contributed by atoms with E-state index in [4.69, 9.17) is 0 Å². The molecule has 1 N–H and O–H groups in total. The number of carbonyl (C=O) groups excluding carboxylic acids is 2. The quantitative estimate of drug-likeness (QED) is 0.877. The lowest BCUT2D eigenvalue weighted by Crippen LogP contribution is -2.40. The molecular weight excluding hydrogens is 272 g/mol. The molecule has 0 saturated heterocycles. The first-order chi connectivity index (χ1) is 9.72. The van der Waals surface area contributed by atoms with Gasteiger partial charge in [-0.1, -0.05) is 12.8 Å². The van der Waals surface area contributed by atoms with Gasteiger partial charge < -0.3 is 10.2 Å². The van der Waals surface area contributed by atoms with Crippen molar-refractivity contribution in [2.24, 2.45) is 0 Å². The Bertz CT molecular complexity index is 439. The average Bonchev–Trinajstić information content (AvgIpc) is 3.13. The van der Waals surface area contributed by atoms with Gasteiger partial charge in [-0.2, -0.15) is 11.3 Å². The maximum atomic E-state index is 12.2. The molecule has 0 aromatic carbocycles. The molecule has 4 nitrogen and oxygen atoms in total. The number of amides is 2. The molecule has 0 unspecified atom stereocenters. The molecule has 0 bridgehead atoms. The monoisotopic (exact) mass is 294 g/mol. The highest BCUT2D eigenvalue weighted by molar-refractivity contribution is 7.08. The number of thiophene rings is 1. The van der Waals surface area contributed by atoms with E-state index in [1.54, 1.807) is 6.07 Å². The van der Waals surface area contributed by atoms with Crippen LogP contribution >= 0.6 is 11.3 Å². The second-order valence-electron chi connectivity index (χ2n) is 5.14. The SMILES string of the molecule is CCN(C(=O)CCNC(=O)c1ccsc1)C1CCCC1. The predicted octanol–water partition coefficient (Wildman–Crippen LogP) is 2.66. The Kier molecular flexibility index (Phi) is 5.59. The fourth-order valence-corrected chi connectivity index (χ4v) is 3.41. The highest BCUT2D eigenvalue weighted by atomic mass is 32.1. The van der Waals surface area contributed by atoms with E-state index in [-0.39, 0.29) is 11.8 Å². The van der Waals surface area contributed by atoms with Crippen molar-refractivity contribution >= 4 is 23.2 Å². The first kappa shape index (κ1) is 15.0. The van der Waals surface area contributed by atoms with Crippen LogP contribution in [0.3, 0.4) is 0 Å². The standard InChI is InChI=1S/C15H22N2O2S/c1-2-17(13-5-3-4-6-13)14(18)7-9-16-15(19)12-8-10-20-11-12/h8,10-11,13H,2-7,9H2,1H3,(H,16,19). The number of nitrogens with one attached hydrogen (secondary N) is 1. The summed E-state index contributed by atoms with van der Waals surface area (Å²) in [5.41, 5.74) is 0.672. The predicted molar refractivity (Wildman–Crippen MR) is 80.9 cm³/mol. The summed E-state index contributed by atoms with van der Waals surface area (Å²) in [5, 5.41) is 6.49. The topological polar surface area (TPSA) is 49.4 Å². The molecule has 1 aromatic rings. The molecule has 1 aliphatic carbocycles. The van der Waals surface area contributed by atoms with Gasteiger partial charge in [0.05, 0.1) is 0 Å². The largest absolute Gasteiger partial charge is 0.351 e. The number of hydrogen-bond acceptors (Lipinski definition) is 3. The van der Waals surface area contributed by atoms with Gasteiger partial charge in [0.15, 0.2) is 0 Å². The van der Waals surface area contributed by atoms with Crippen LogP contribution in [0.1, 0.15) is 49.4 Å². The molecule has 5 heteroatoms. The Hall–Kier alpha value is -1.36. The second-order valence-corrected chi connectivity index (χ2v) is 5.92. The van der Waals surface area contributed by atoms with E-state index in [1.807, 2.05) is 22.6 Å². The van der Waals surface area contributed by atoms with Crippen LogP contribution in [-0.4, -0.2) is 35.8 Å². The molecule has 1 saturated carbocycles. The van der Waals surface area contributed by atoms with Gasteiger partial charge in [-0.25, -0.2) is 0 Å². The summed E-state index contributed by atoms with van der Waals surface area (Å²) in [6.07, 6.45) is 5.09. The summed E-state index contributed by atoms with van der Waals surface area (Å²) in [7, 11) is 0. The highest BCUT2D eigenvalue weighted by Crippen LogP contribution is 2.23. The van der Waals surface area contributed by atoms with Crippen molar-refractivity contribution in [1.82, 2.24) is 10.2 Å². The molecule has 0 radical (unpaired) electrons. The molecule has 1 aliphatic rings. The number of rotatable bonds is 6. The molecule has 1 heterocycles. The van der Waals surface area contributed by atoms with E-state index < -0.39 is 0 Å². The summed E-state index contributed by atoms with van der Waals surface area (Å²) in [6, 6.07) is 2.21. The second kappa shape index (κ2) is 7.43. The van der Waals surface area contributed by atoms with E-state index in [0.29, 0.717) is 24.6 Å². The normalized spacial score (nSPS) is 15.2. The van der Waals surface area contributed by atoms with Crippen LogP contribution in [0.2, 0.25) is 0 Å². The van der Waals surface area contributed by atoms with Crippen LogP contribution in [0.25, 0.3) is 0 Å². The Balaban J connectivity index is 1.75. The molecular formula is C15H22N2O2S. The summed E-state index contributed by atoms with van der Waals surface area (Å²) in [4.78, 5) is 25.9. The molecule has 2 rings (SSSR count). The van der Waals surface area contributed by atoms with Crippen LogP contribution in [0.5, 0.6) is 0 Å². The Morgan fingerprint density at radius 2 is 2.15 bits per heavy atom. The van der Waals surface area contributed by atoms with Crippen LogP contribution in [0.15, 0.2) is 16.8 Å². The molecule has 0 atom stereocenters. The molecule has 1 fully saturated rings. The van der Waals surface area contributed by atoms with Crippen LogP contribution in [0.4, 0.5) is 0 Å². The zero-order valence-electron chi connectivity index (χ0n) is 11.9. The van der Waals surface area contributed by atoms with Crippen LogP contribution in [0, 0.1) is 0 Å². The van der Waals surface area contributed by atoms with Gasteiger partial charge in [-0.15, -0.1) is 0 Å². The molecule has 0 aliphatic heterocycles. The lowest BCUT2D eigenvalue weighted by atomic mass is 10.2. The van der Waals surface area contributed by atoms with Crippen LogP contribution in [-0.2, 0) is 4.79 Å². The first-order valence-electron chi connectivity index (χ1n) is 7.32. The lowest BCUT2D eigenvalue weighted by molar-refractivity contribution is -0.133. The number of nitrogens with zero attached hydrogens (tertiary/aromatic N) is 1. The third kappa shape index (κ3) is 3.82. The van der Waals surface area contributed by atoms with Crippen molar-refractivity contribution in [3.63, 3.8) is 0 Å². The van der Waals surface area contributed by atoms with Crippen molar-refractivity contribution in [2.45, 2.75) is 45.1 Å². The maximum Gasteiger partial charge on any atom is 0.252 e. The minimum absolute atomic E-state index is 0.0945. The third-order valence-electron chi connectivity index (χ3n) is 3.83. The summed E-state index contributed by atoms with van der Waals surface area (Å²) < 4.78 is 0. The van der Waals surface area contributed by atoms with E-state index in [2.05, 4.69) is 5.32 Å². The average molecular weight is 294 g/mol. The van der Waals surface area contributed by atoms with E-state index in [0.717, 1.165) is 19.4 Å². The van der Waals surface area contributed by atoms with Gasteiger partial charge in [0.25, 0.3) is 5.91 Å². The van der Waals surface area contributed by atoms with Gasteiger partial charge in [-0.3, -0.25) is 9.59 Å². The Morgan fingerprint density at radius 1 is 1.40 bits per heavy atom. The minimum atomic E-state index is -0.0945. The van der Waals surface area contributed by atoms with Gasteiger partial charge in [0.1, 0.15) is 0 Å². The summed E-state index contributed by atoms with van der Waals surface area (Å²) >= 11 is 1.50. The van der Waals surface area contributed by atoms with Gasteiger partial charge in [0.2, 0.25) is 5.91 Å². The fraction of sp³-hybridized carbons (Fsp3) is 0.600. The Labute approximate surface area is 124 Å². The third-order valence-corrected chi connectivity index (χ3v) is 4.52. The van der Waals surface area contributed by atoms with E-state index >= 15 is 0 Å². The maximum absolute atomic E-state index is 12.2. The van der Waals surface area contributed by atoms with E-state index in [1.165, 1.54) is 24.2 Å². The Morgan fingerprint density at radius 3 is 2.75 bits per heavy atom. The molecule has 0 spiro atoms. The van der Waals surface area contributed by atoms with Crippen molar-refractivity contribution in [2.75, 3.05) is 13.1 Å². The number of hydrogen-bond donors (Lipinski definition) is 1. The minimum Gasteiger partial charge on any atom is -0.351 e.